The van der Waals surface area contributed by atoms with E-state index >= 15 is 0 Å². The molecule has 2 aliphatic rings. The highest BCUT2D eigenvalue weighted by Gasteiger charge is 2.39. The Morgan fingerprint density at radius 1 is 1.20 bits per heavy atom. The molecule has 0 aromatic carbocycles. The smallest absolute Gasteiger partial charge is 0.0582 e. The molecule has 2 heteroatoms. The number of fused-ring (bicyclic) bond motifs is 2. The fourth-order valence-electron chi connectivity index (χ4n) is 3.73. The van der Waals surface area contributed by atoms with Crippen molar-refractivity contribution >= 4 is 0 Å². The summed E-state index contributed by atoms with van der Waals surface area (Å²) in [5.74, 6) is 3.06. The third-order valence-electron chi connectivity index (χ3n) is 4.38. The Labute approximate surface area is 93.5 Å². The number of hydrogen-bond acceptors (Lipinski definition) is 2. The molecule has 2 saturated carbocycles. The van der Waals surface area contributed by atoms with Crippen molar-refractivity contribution < 1.29 is 5.11 Å². The van der Waals surface area contributed by atoms with Gasteiger partial charge in [0.1, 0.15) is 0 Å². The van der Waals surface area contributed by atoms with Gasteiger partial charge >= 0.3 is 0 Å². The molecule has 2 bridgehead atoms. The van der Waals surface area contributed by atoms with Gasteiger partial charge in [-0.2, -0.15) is 0 Å². The van der Waals surface area contributed by atoms with Crippen LogP contribution in [0.4, 0.5) is 0 Å². The summed E-state index contributed by atoms with van der Waals surface area (Å²) in [6.45, 7) is 4.57. The van der Waals surface area contributed by atoms with Crippen LogP contribution in [-0.4, -0.2) is 23.8 Å². The van der Waals surface area contributed by atoms with Crippen LogP contribution in [0.1, 0.15) is 46.0 Å². The number of aliphatic hydroxyl groups is 1. The number of nitrogens with one attached hydrogen (secondary N) is 1. The quantitative estimate of drug-likeness (QED) is 0.730. The lowest BCUT2D eigenvalue weighted by Crippen LogP contribution is -2.38. The standard InChI is InChI=1S/C13H25NO/c1-9(14-10(2)8-15)5-13-7-11-3-4-12(13)6-11/h9-15H,3-8H2,1-2H3/t9-,10-,11+,12+,13-/m1/s1. The van der Waals surface area contributed by atoms with Crippen LogP contribution in [0, 0.1) is 17.8 Å². The fraction of sp³-hybridized carbons (Fsp3) is 1.00. The van der Waals surface area contributed by atoms with E-state index in [1.54, 1.807) is 0 Å². The van der Waals surface area contributed by atoms with Gasteiger partial charge in [-0.15, -0.1) is 0 Å². The molecule has 0 saturated heterocycles. The predicted octanol–water partition coefficient (Wildman–Crippen LogP) is 2.17. The zero-order valence-corrected chi connectivity index (χ0v) is 10.1. The van der Waals surface area contributed by atoms with Crippen molar-refractivity contribution in [2.75, 3.05) is 6.61 Å². The number of rotatable bonds is 5. The summed E-state index contributed by atoms with van der Waals surface area (Å²) < 4.78 is 0. The molecule has 5 atom stereocenters. The van der Waals surface area contributed by atoms with Crippen molar-refractivity contribution in [2.24, 2.45) is 17.8 Å². The molecule has 0 radical (unpaired) electrons. The summed E-state index contributed by atoms with van der Waals surface area (Å²) in [6.07, 6.45) is 7.27. The highest BCUT2D eigenvalue weighted by atomic mass is 16.3. The lowest BCUT2D eigenvalue weighted by molar-refractivity contribution is 0.224. The summed E-state index contributed by atoms with van der Waals surface area (Å²) >= 11 is 0. The molecule has 0 unspecified atom stereocenters. The summed E-state index contributed by atoms with van der Waals surface area (Å²) in [7, 11) is 0. The highest BCUT2D eigenvalue weighted by molar-refractivity contribution is 4.91. The number of aliphatic hydroxyl groups excluding tert-OH is 1. The minimum Gasteiger partial charge on any atom is -0.395 e. The van der Waals surface area contributed by atoms with Gasteiger partial charge in [0.05, 0.1) is 6.61 Å². The zero-order valence-electron chi connectivity index (χ0n) is 10.1. The molecule has 0 amide bonds. The van der Waals surface area contributed by atoms with Crippen molar-refractivity contribution in [3.05, 3.63) is 0 Å². The SMILES string of the molecule is C[C@H](CO)N[C@H](C)C[C@@H]1C[C@H]2CC[C@H]1C2. The Morgan fingerprint density at radius 2 is 2.00 bits per heavy atom. The van der Waals surface area contributed by atoms with Gasteiger partial charge in [-0.25, -0.2) is 0 Å². The topological polar surface area (TPSA) is 32.3 Å². The minimum absolute atomic E-state index is 0.249. The van der Waals surface area contributed by atoms with Crippen molar-refractivity contribution in [3.8, 4) is 0 Å². The predicted molar refractivity (Wildman–Crippen MR) is 62.7 cm³/mol. The van der Waals surface area contributed by atoms with E-state index in [4.69, 9.17) is 5.11 Å². The lowest BCUT2D eigenvalue weighted by Gasteiger charge is -2.26. The third kappa shape index (κ3) is 2.73. The Kier molecular flexibility index (Phi) is 3.68. The first-order valence-corrected chi connectivity index (χ1v) is 6.56. The molecule has 0 heterocycles. The van der Waals surface area contributed by atoms with Gasteiger partial charge < -0.3 is 10.4 Å². The van der Waals surface area contributed by atoms with Gasteiger partial charge in [0.15, 0.2) is 0 Å². The number of hydrogen-bond donors (Lipinski definition) is 2. The zero-order chi connectivity index (χ0) is 10.8. The highest BCUT2D eigenvalue weighted by Crippen LogP contribution is 2.49. The first-order chi connectivity index (χ1) is 7.19. The van der Waals surface area contributed by atoms with Crippen LogP contribution in [0.3, 0.4) is 0 Å². The van der Waals surface area contributed by atoms with E-state index < -0.39 is 0 Å². The van der Waals surface area contributed by atoms with E-state index in [0.29, 0.717) is 6.04 Å². The average Bonchev–Trinajstić information content (AvgIpc) is 2.78. The Bertz CT molecular complexity index is 207. The normalized spacial score (nSPS) is 38.2. The van der Waals surface area contributed by atoms with Gasteiger partial charge in [0.2, 0.25) is 0 Å². The molecule has 0 aromatic rings. The molecule has 2 N–H and O–H groups in total. The minimum atomic E-state index is 0.249. The van der Waals surface area contributed by atoms with Gasteiger partial charge in [-0.3, -0.25) is 0 Å². The van der Waals surface area contributed by atoms with E-state index in [1.165, 1.54) is 32.1 Å². The second-order valence-corrected chi connectivity index (χ2v) is 5.82. The first kappa shape index (κ1) is 11.4. The van der Waals surface area contributed by atoms with E-state index in [9.17, 15) is 0 Å². The molecule has 0 aliphatic heterocycles. The average molecular weight is 211 g/mol. The molecular weight excluding hydrogens is 186 g/mol. The summed E-state index contributed by atoms with van der Waals surface area (Å²) in [5, 5.41) is 12.5. The van der Waals surface area contributed by atoms with Crippen LogP contribution in [0.15, 0.2) is 0 Å². The molecule has 0 aromatic heterocycles. The molecular formula is C13H25NO. The van der Waals surface area contributed by atoms with Gasteiger partial charge in [0.25, 0.3) is 0 Å². The van der Waals surface area contributed by atoms with Crippen molar-refractivity contribution in [1.29, 1.82) is 0 Å². The van der Waals surface area contributed by atoms with Gasteiger partial charge in [0, 0.05) is 12.1 Å². The van der Waals surface area contributed by atoms with Crippen molar-refractivity contribution in [2.45, 2.75) is 58.0 Å². The molecule has 2 nitrogen and oxygen atoms in total. The van der Waals surface area contributed by atoms with E-state index in [-0.39, 0.29) is 12.6 Å². The molecule has 88 valence electrons. The molecule has 2 rings (SSSR count). The monoisotopic (exact) mass is 211 g/mol. The van der Waals surface area contributed by atoms with Crippen LogP contribution in [-0.2, 0) is 0 Å². The van der Waals surface area contributed by atoms with Gasteiger partial charge in [-0.05, 0) is 57.3 Å². The maximum absolute atomic E-state index is 8.99. The van der Waals surface area contributed by atoms with E-state index in [0.717, 1.165) is 17.8 Å². The van der Waals surface area contributed by atoms with Crippen LogP contribution in [0.2, 0.25) is 0 Å². The van der Waals surface area contributed by atoms with Crippen LogP contribution in [0.25, 0.3) is 0 Å². The third-order valence-corrected chi connectivity index (χ3v) is 4.38. The van der Waals surface area contributed by atoms with Crippen LogP contribution >= 0.6 is 0 Å². The molecule has 2 fully saturated rings. The second kappa shape index (κ2) is 4.84. The Hall–Kier alpha value is -0.0800. The van der Waals surface area contributed by atoms with E-state index in [1.807, 2.05) is 0 Å². The first-order valence-electron chi connectivity index (χ1n) is 6.56. The lowest BCUT2D eigenvalue weighted by atomic mass is 9.84. The summed E-state index contributed by atoms with van der Waals surface area (Å²) in [6, 6.07) is 0.815. The summed E-state index contributed by atoms with van der Waals surface area (Å²) in [5.41, 5.74) is 0. The van der Waals surface area contributed by atoms with E-state index in [2.05, 4.69) is 19.2 Å². The van der Waals surface area contributed by atoms with Gasteiger partial charge in [-0.1, -0.05) is 6.42 Å². The Morgan fingerprint density at radius 3 is 2.53 bits per heavy atom. The molecule has 0 spiro atoms. The second-order valence-electron chi connectivity index (χ2n) is 5.82. The van der Waals surface area contributed by atoms with Crippen molar-refractivity contribution in [1.82, 2.24) is 5.32 Å². The van der Waals surface area contributed by atoms with Crippen molar-refractivity contribution in [3.63, 3.8) is 0 Å². The largest absolute Gasteiger partial charge is 0.395 e. The maximum Gasteiger partial charge on any atom is 0.0582 e. The Balaban J connectivity index is 1.72. The fourth-order valence-corrected chi connectivity index (χ4v) is 3.73. The maximum atomic E-state index is 8.99. The molecule has 2 aliphatic carbocycles. The summed E-state index contributed by atoms with van der Waals surface area (Å²) in [4.78, 5) is 0. The van der Waals surface area contributed by atoms with Crippen LogP contribution < -0.4 is 5.32 Å². The van der Waals surface area contributed by atoms with Crippen LogP contribution in [0.5, 0.6) is 0 Å². The molecule has 15 heavy (non-hydrogen) atoms.